The number of phenolic OH excluding ortho intramolecular Hbond substituents is 1. The minimum Gasteiger partial charge on any atom is -0.507 e. The molecule has 292 valence electrons. The summed E-state index contributed by atoms with van der Waals surface area (Å²) in [5, 5.41) is 13.5. The van der Waals surface area contributed by atoms with Crippen LogP contribution in [-0.2, 0) is 10.8 Å². The molecule has 3 heterocycles. The van der Waals surface area contributed by atoms with Crippen molar-refractivity contribution >= 4 is 33.0 Å². The van der Waals surface area contributed by atoms with Crippen molar-refractivity contribution in [3.63, 3.8) is 0 Å². The van der Waals surface area contributed by atoms with E-state index in [0.29, 0.717) is 11.4 Å². The maximum atomic E-state index is 11.5. The van der Waals surface area contributed by atoms with E-state index in [1.54, 1.807) is 6.07 Å². The van der Waals surface area contributed by atoms with Crippen LogP contribution in [0.2, 0.25) is 0 Å². The zero-order valence-electron chi connectivity index (χ0n) is 34.4. The van der Waals surface area contributed by atoms with E-state index >= 15 is 0 Å². The maximum absolute atomic E-state index is 11.5. The lowest BCUT2D eigenvalue weighted by atomic mass is 9.76. The minimum absolute atomic E-state index is 0.0649. The van der Waals surface area contributed by atoms with Gasteiger partial charge >= 0.3 is 0 Å². The normalized spacial score (nSPS) is 12.2. The van der Waals surface area contributed by atoms with Crippen molar-refractivity contribution in [1.82, 2.24) is 14.5 Å². The molecule has 0 saturated heterocycles. The number of fused-ring (bicyclic) bond motifs is 4. The van der Waals surface area contributed by atoms with Gasteiger partial charge in [-0.3, -0.25) is 9.55 Å². The molecule has 0 unspecified atom stereocenters. The van der Waals surface area contributed by atoms with Crippen LogP contribution >= 0.6 is 0 Å². The van der Waals surface area contributed by atoms with Crippen LogP contribution in [0, 0.1) is 0 Å². The molecule has 5 heteroatoms. The standard InChI is InChI=1S/C55H45N3O2/c1-54(2,3)39-27-28-46(45(34-39)35-17-8-6-9-18-35)58-47-24-16-23-41(51(47)57-53(58)44-22-12-14-25-48(44)59)36-31-37(33-40(32-36)55(4,5)38-19-10-7-11-20-38)50-52-43(29-30-56-50)42-21-13-15-26-49(42)60-52/h6-34,59H,1-5H3. The van der Waals surface area contributed by atoms with Gasteiger partial charge in [0.1, 0.15) is 22.9 Å². The molecule has 0 fully saturated rings. The lowest BCUT2D eigenvalue weighted by Gasteiger charge is -2.27. The van der Waals surface area contributed by atoms with Gasteiger partial charge in [0.15, 0.2) is 5.58 Å². The first-order valence-corrected chi connectivity index (χ1v) is 20.5. The number of hydrogen-bond donors (Lipinski definition) is 1. The molecular weight excluding hydrogens is 735 g/mol. The van der Waals surface area contributed by atoms with E-state index in [1.807, 2.05) is 48.7 Å². The first-order valence-electron chi connectivity index (χ1n) is 20.5. The molecule has 0 radical (unpaired) electrons. The molecule has 0 aliphatic heterocycles. The lowest BCUT2D eigenvalue weighted by Crippen LogP contribution is -2.19. The summed E-state index contributed by atoms with van der Waals surface area (Å²) in [5.41, 5.74) is 14.0. The Kier molecular flexibility index (Phi) is 8.80. The van der Waals surface area contributed by atoms with Crippen LogP contribution in [0.1, 0.15) is 51.3 Å². The molecule has 5 nitrogen and oxygen atoms in total. The molecule has 0 amide bonds. The zero-order chi connectivity index (χ0) is 41.2. The Labute approximate surface area is 350 Å². The summed E-state index contributed by atoms with van der Waals surface area (Å²) in [6.45, 7) is 11.3. The number of aromatic hydroxyl groups is 1. The number of benzene rings is 7. The Morgan fingerprint density at radius 3 is 2.02 bits per heavy atom. The summed E-state index contributed by atoms with van der Waals surface area (Å²) in [7, 11) is 0. The molecule has 0 aliphatic rings. The number of furan rings is 1. The van der Waals surface area contributed by atoms with Gasteiger partial charge in [0.25, 0.3) is 0 Å². The van der Waals surface area contributed by atoms with Crippen molar-refractivity contribution in [2.45, 2.75) is 45.4 Å². The predicted molar refractivity (Wildman–Crippen MR) is 247 cm³/mol. The van der Waals surface area contributed by atoms with Crippen molar-refractivity contribution in [3.8, 4) is 56.3 Å². The summed E-state index contributed by atoms with van der Waals surface area (Å²) in [4.78, 5) is 10.5. The highest BCUT2D eigenvalue weighted by Crippen LogP contribution is 2.44. The van der Waals surface area contributed by atoms with Crippen molar-refractivity contribution < 1.29 is 9.52 Å². The fourth-order valence-corrected chi connectivity index (χ4v) is 8.63. The monoisotopic (exact) mass is 779 g/mol. The van der Waals surface area contributed by atoms with Crippen LogP contribution < -0.4 is 0 Å². The Hall–Kier alpha value is -7.24. The molecule has 10 rings (SSSR count). The van der Waals surface area contributed by atoms with Crippen LogP contribution in [0.4, 0.5) is 0 Å². The summed E-state index contributed by atoms with van der Waals surface area (Å²) >= 11 is 0. The average molecular weight is 780 g/mol. The number of para-hydroxylation sites is 3. The Bertz CT molecular complexity index is 3220. The van der Waals surface area contributed by atoms with E-state index in [4.69, 9.17) is 14.4 Å². The van der Waals surface area contributed by atoms with Crippen molar-refractivity contribution in [1.29, 1.82) is 0 Å². The summed E-state index contributed by atoms with van der Waals surface area (Å²) in [5.74, 6) is 0.827. The molecular formula is C55H45N3O2. The van der Waals surface area contributed by atoms with Crippen LogP contribution in [0.5, 0.6) is 5.75 Å². The third-order valence-corrected chi connectivity index (χ3v) is 12.0. The first-order chi connectivity index (χ1) is 29.1. The van der Waals surface area contributed by atoms with E-state index in [0.717, 1.165) is 77.7 Å². The lowest BCUT2D eigenvalue weighted by molar-refractivity contribution is 0.477. The largest absolute Gasteiger partial charge is 0.507 e. The zero-order valence-corrected chi connectivity index (χ0v) is 34.4. The van der Waals surface area contributed by atoms with E-state index in [2.05, 4.69) is 161 Å². The molecule has 0 spiro atoms. The van der Waals surface area contributed by atoms with Crippen LogP contribution in [-0.4, -0.2) is 19.6 Å². The van der Waals surface area contributed by atoms with Gasteiger partial charge < -0.3 is 9.52 Å². The fourth-order valence-electron chi connectivity index (χ4n) is 8.63. The SMILES string of the molecule is CC(C)(C)c1ccc(-n2c(-c3ccccc3O)nc3c(-c4cc(-c5nccc6c5oc5ccccc56)cc(C(C)(C)c5ccccc5)c4)cccc32)c(-c2ccccc2)c1. The second-order valence-corrected chi connectivity index (χ2v) is 17.2. The third kappa shape index (κ3) is 6.25. The van der Waals surface area contributed by atoms with Gasteiger partial charge in [0.2, 0.25) is 0 Å². The molecule has 10 aromatic rings. The second kappa shape index (κ2) is 14.2. The van der Waals surface area contributed by atoms with Crippen LogP contribution in [0.3, 0.4) is 0 Å². The number of imidazole rings is 1. The highest BCUT2D eigenvalue weighted by atomic mass is 16.3. The van der Waals surface area contributed by atoms with Crippen molar-refractivity contribution in [3.05, 3.63) is 193 Å². The fraction of sp³-hybridized carbons (Fsp3) is 0.127. The predicted octanol–water partition coefficient (Wildman–Crippen LogP) is 14.3. The number of aromatic nitrogens is 3. The van der Waals surface area contributed by atoms with Gasteiger partial charge in [-0.25, -0.2) is 4.98 Å². The van der Waals surface area contributed by atoms with E-state index in [9.17, 15) is 5.11 Å². The van der Waals surface area contributed by atoms with Gasteiger partial charge in [-0.1, -0.05) is 150 Å². The molecule has 0 aliphatic carbocycles. The highest BCUT2D eigenvalue weighted by molar-refractivity contribution is 6.09. The van der Waals surface area contributed by atoms with Crippen molar-refractivity contribution in [2.24, 2.45) is 0 Å². The van der Waals surface area contributed by atoms with Gasteiger partial charge in [-0.05, 0) is 87.8 Å². The highest BCUT2D eigenvalue weighted by Gasteiger charge is 2.28. The van der Waals surface area contributed by atoms with Gasteiger partial charge in [0.05, 0.1) is 22.3 Å². The molecule has 60 heavy (non-hydrogen) atoms. The van der Waals surface area contributed by atoms with Gasteiger partial charge in [0, 0.05) is 39.1 Å². The summed E-state index contributed by atoms with van der Waals surface area (Å²) in [6.07, 6.45) is 1.88. The summed E-state index contributed by atoms with van der Waals surface area (Å²) < 4.78 is 8.79. The van der Waals surface area contributed by atoms with Crippen LogP contribution in [0.25, 0.3) is 83.6 Å². The minimum atomic E-state index is -0.360. The average Bonchev–Trinajstić information content (AvgIpc) is 3.85. The van der Waals surface area contributed by atoms with Crippen molar-refractivity contribution in [2.75, 3.05) is 0 Å². The quantitative estimate of drug-likeness (QED) is 0.175. The van der Waals surface area contributed by atoms with Crippen LogP contribution in [0.15, 0.2) is 180 Å². The maximum Gasteiger partial charge on any atom is 0.161 e. The second-order valence-electron chi connectivity index (χ2n) is 17.2. The number of phenols is 1. The Morgan fingerprint density at radius 1 is 0.533 bits per heavy atom. The van der Waals surface area contributed by atoms with Gasteiger partial charge in [-0.2, -0.15) is 0 Å². The molecule has 0 atom stereocenters. The molecule has 1 N–H and O–H groups in total. The number of nitrogens with zero attached hydrogens (tertiary/aromatic N) is 3. The number of hydrogen-bond acceptors (Lipinski definition) is 4. The number of pyridine rings is 1. The van der Waals surface area contributed by atoms with Gasteiger partial charge in [-0.15, -0.1) is 0 Å². The third-order valence-electron chi connectivity index (χ3n) is 12.0. The first kappa shape index (κ1) is 37.1. The molecule has 7 aromatic carbocycles. The topological polar surface area (TPSA) is 64.1 Å². The summed E-state index contributed by atoms with van der Waals surface area (Å²) in [6, 6.07) is 58.8. The van der Waals surface area contributed by atoms with E-state index in [1.165, 1.54) is 11.1 Å². The molecule has 3 aromatic heterocycles. The van der Waals surface area contributed by atoms with E-state index in [-0.39, 0.29) is 16.6 Å². The Morgan fingerprint density at radius 2 is 1.23 bits per heavy atom. The molecule has 0 bridgehead atoms. The van der Waals surface area contributed by atoms with E-state index < -0.39 is 0 Å². The Balaban J connectivity index is 1.27. The smallest absolute Gasteiger partial charge is 0.161 e. The molecule has 0 saturated carbocycles. The number of rotatable bonds is 7.